The van der Waals surface area contributed by atoms with Gasteiger partial charge in [0.1, 0.15) is 11.2 Å². The Morgan fingerprint density at radius 2 is 0.862 bits per heavy atom. The van der Waals surface area contributed by atoms with Gasteiger partial charge in [0, 0.05) is 33.3 Å². The summed E-state index contributed by atoms with van der Waals surface area (Å²) in [4.78, 5) is 2.42. The molecule has 0 spiro atoms. The fourth-order valence-corrected chi connectivity index (χ4v) is 8.71. The van der Waals surface area contributed by atoms with Crippen molar-refractivity contribution in [3.05, 3.63) is 224 Å². The van der Waals surface area contributed by atoms with E-state index in [0.29, 0.717) is 0 Å². The Hall–Kier alpha value is -7.68. The van der Waals surface area contributed by atoms with Gasteiger partial charge in [-0.2, -0.15) is 0 Å². The first kappa shape index (κ1) is 33.6. The highest BCUT2D eigenvalue weighted by atomic mass is 16.3. The maximum absolute atomic E-state index is 6.83. The van der Waals surface area contributed by atoms with E-state index in [1.807, 2.05) is 0 Å². The second kappa shape index (κ2) is 14.1. The average molecular weight is 740 g/mol. The summed E-state index contributed by atoms with van der Waals surface area (Å²) >= 11 is 0. The van der Waals surface area contributed by atoms with Gasteiger partial charge < -0.3 is 9.32 Å². The monoisotopic (exact) mass is 739 g/mol. The van der Waals surface area contributed by atoms with Crippen molar-refractivity contribution >= 4 is 60.5 Å². The molecular weight excluding hydrogens is 703 g/mol. The van der Waals surface area contributed by atoms with Gasteiger partial charge in [-0.25, -0.2) is 0 Å². The van der Waals surface area contributed by atoms with Crippen LogP contribution < -0.4 is 4.90 Å². The molecule has 10 aromatic carbocycles. The minimum Gasteiger partial charge on any atom is -0.455 e. The molecule has 272 valence electrons. The molecule has 0 amide bonds. The maximum Gasteiger partial charge on any atom is 0.143 e. The minimum atomic E-state index is 0.883. The summed E-state index contributed by atoms with van der Waals surface area (Å²) in [6, 6.07) is 80.7. The molecule has 1 aromatic heterocycles. The van der Waals surface area contributed by atoms with Gasteiger partial charge in [-0.15, -0.1) is 0 Å². The lowest BCUT2D eigenvalue weighted by Crippen LogP contribution is -2.11. The van der Waals surface area contributed by atoms with Gasteiger partial charge >= 0.3 is 0 Å². The summed E-state index contributed by atoms with van der Waals surface area (Å²) in [7, 11) is 0. The van der Waals surface area contributed by atoms with E-state index in [0.717, 1.165) is 55.7 Å². The van der Waals surface area contributed by atoms with Crippen molar-refractivity contribution < 1.29 is 4.42 Å². The van der Waals surface area contributed by atoms with Crippen LogP contribution >= 0.6 is 0 Å². The van der Waals surface area contributed by atoms with Crippen LogP contribution in [0.1, 0.15) is 0 Å². The summed E-state index contributed by atoms with van der Waals surface area (Å²) in [6.45, 7) is 0. The number of para-hydroxylation sites is 2. The van der Waals surface area contributed by atoms with Crippen molar-refractivity contribution in [1.82, 2.24) is 0 Å². The molecule has 58 heavy (non-hydrogen) atoms. The van der Waals surface area contributed by atoms with Crippen molar-refractivity contribution in [2.45, 2.75) is 0 Å². The summed E-state index contributed by atoms with van der Waals surface area (Å²) < 4.78 is 6.83. The molecule has 0 fully saturated rings. The number of benzene rings is 10. The molecule has 0 aliphatic heterocycles. The molecule has 0 atom stereocenters. The second-order valence-corrected chi connectivity index (χ2v) is 14.9. The smallest absolute Gasteiger partial charge is 0.143 e. The van der Waals surface area contributed by atoms with Gasteiger partial charge in [0.25, 0.3) is 0 Å². The van der Waals surface area contributed by atoms with Crippen LogP contribution in [-0.4, -0.2) is 0 Å². The third-order valence-electron chi connectivity index (χ3n) is 11.4. The molecule has 0 radical (unpaired) electrons. The Morgan fingerprint density at radius 3 is 1.69 bits per heavy atom. The van der Waals surface area contributed by atoms with Crippen LogP contribution in [0.25, 0.3) is 88.0 Å². The van der Waals surface area contributed by atoms with Crippen LogP contribution in [0.15, 0.2) is 229 Å². The Morgan fingerprint density at radius 1 is 0.293 bits per heavy atom. The molecule has 0 aliphatic carbocycles. The standard InChI is InChI=1S/C56H37NO/c1-3-16-38(17-4-1)48-33-32-45(37-52(48)40-18-5-2-6-19-40)57(44-25-13-24-43(34-44)47-28-14-23-39-20-9-10-26-46(39)47)54-31-12-11-27-49(54)50-29-15-30-51-53-35-41-21-7-8-22-42(41)36-55(53)58-56(50)51/h1-37H. The molecule has 11 aromatic rings. The Labute approximate surface area is 337 Å². The molecule has 11 rings (SSSR count). The molecule has 0 N–H and O–H groups in total. The predicted octanol–water partition coefficient (Wildman–Crippen LogP) is 16.0. The van der Waals surface area contributed by atoms with E-state index < -0.39 is 0 Å². The molecule has 0 saturated heterocycles. The fourth-order valence-electron chi connectivity index (χ4n) is 8.71. The third-order valence-corrected chi connectivity index (χ3v) is 11.4. The van der Waals surface area contributed by atoms with Gasteiger partial charge in [-0.05, 0) is 97.4 Å². The number of fused-ring (bicyclic) bond motifs is 5. The molecule has 2 nitrogen and oxygen atoms in total. The first-order chi connectivity index (χ1) is 28.8. The highest BCUT2D eigenvalue weighted by Crippen LogP contribution is 2.47. The largest absolute Gasteiger partial charge is 0.455 e. The van der Waals surface area contributed by atoms with Crippen LogP contribution in [-0.2, 0) is 0 Å². The summed E-state index contributed by atoms with van der Waals surface area (Å²) in [5, 5.41) is 7.06. The fraction of sp³-hybridized carbons (Fsp3) is 0. The quantitative estimate of drug-likeness (QED) is 0.162. The Balaban J connectivity index is 1.16. The van der Waals surface area contributed by atoms with Crippen molar-refractivity contribution in [2.24, 2.45) is 0 Å². The summed E-state index contributed by atoms with van der Waals surface area (Å²) in [6.07, 6.45) is 0. The van der Waals surface area contributed by atoms with Crippen LogP contribution in [0.3, 0.4) is 0 Å². The van der Waals surface area contributed by atoms with E-state index >= 15 is 0 Å². The van der Waals surface area contributed by atoms with Gasteiger partial charge in [0.2, 0.25) is 0 Å². The Bertz CT molecular complexity index is 3280. The van der Waals surface area contributed by atoms with Gasteiger partial charge in [0.05, 0.1) is 5.69 Å². The van der Waals surface area contributed by atoms with Gasteiger partial charge in [0.15, 0.2) is 0 Å². The number of hydrogen-bond donors (Lipinski definition) is 0. The lowest BCUT2D eigenvalue weighted by molar-refractivity contribution is 0.670. The molecular formula is C56H37NO. The van der Waals surface area contributed by atoms with Crippen LogP contribution in [0, 0.1) is 0 Å². The zero-order valence-electron chi connectivity index (χ0n) is 31.7. The van der Waals surface area contributed by atoms with E-state index in [4.69, 9.17) is 4.42 Å². The minimum absolute atomic E-state index is 0.883. The normalized spacial score (nSPS) is 11.4. The predicted molar refractivity (Wildman–Crippen MR) is 245 cm³/mol. The first-order valence-electron chi connectivity index (χ1n) is 19.8. The van der Waals surface area contributed by atoms with Crippen LogP contribution in [0.4, 0.5) is 17.1 Å². The molecule has 2 heteroatoms. The lowest BCUT2D eigenvalue weighted by atomic mass is 9.93. The van der Waals surface area contributed by atoms with E-state index in [9.17, 15) is 0 Å². The SMILES string of the molecule is c1ccc(-c2ccc(N(c3cccc(-c4cccc5ccccc45)c3)c3ccccc3-c3cccc4c3oc3cc5ccccc5cc34)cc2-c2ccccc2)cc1. The number of nitrogens with zero attached hydrogens (tertiary/aromatic N) is 1. The molecule has 0 saturated carbocycles. The van der Waals surface area contributed by atoms with Crippen molar-refractivity contribution in [2.75, 3.05) is 4.90 Å². The zero-order valence-corrected chi connectivity index (χ0v) is 31.7. The van der Waals surface area contributed by atoms with Gasteiger partial charge in [-0.3, -0.25) is 0 Å². The van der Waals surface area contributed by atoms with Crippen molar-refractivity contribution in [1.29, 1.82) is 0 Å². The van der Waals surface area contributed by atoms with Gasteiger partial charge in [-0.1, -0.05) is 182 Å². The van der Waals surface area contributed by atoms with E-state index in [1.165, 1.54) is 49.4 Å². The highest BCUT2D eigenvalue weighted by molar-refractivity contribution is 6.14. The number of anilines is 3. The average Bonchev–Trinajstić information content (AvgIpc) is 3.66. The number of rotatable bonds is 7. The number of furan rings is 1. The van der Waals surface area contributed by atoms with Crippen LogP contribution in [0.2, 0.25) is 0 Å². The zero-order chi connectivity index (χ0) is 38.4. The highest BCUT2D eigenvalue weighted by Gasteiger charge is 2.22. The van der Waals surface area contributed by atoms with Crippen molar-refractivity contribution in [3.63, 3.8) is 0 Å². The Kier molecular flexibility index (Phi) is 8.19. The second-order valence-electron chi connectivity index (χ2n) is 14.9. The molecule has 0 bridgehead atoms. The van der Waals surface area contributed by atoms with E-state index in [-0.39, 0.29) is 0 Å². The third kappa shape index (κ3) is 5.82. The van der Waals surface area contributed by atoms with Crippen molar-refractivity contribution in [3.8, 4) is 44.5 Å². The first-order valence-corrected chi connectivity index (χ1v) is 19.8. The summed E-state index contributed by atoms with van der Waals surface area (Å²) in [5.74, 6) is 0. The topological polar surface area (TPSA) is 16.4 Å². The molecule has 1 heterocycles. The van der Waals surface area contributed by atoms with E-state index in [2.05, 4.69) is 229 Å². The van der Waals surface area contributed by atoms with Crippen LogP contribution in [0.5, 0.6) is 0 Å². The maximum atomic E-state index is 6.83. The number of hydrogen-bond acceptors (Lipinski definition) is 2. The summed E-state index contributed by atoms with van der Waals surface area (Å²) in [5.41, 5.74) is 14.2. The lowest BCUT2D eigenvalue weighted by Gasteiger charge is -2.29. The molecule has 0 unspecified atom stereocenters. The molecule has 0 aliphatic rings. The van der Waals surface area contributed by atoms with E-state index in [1.54, 1.807) is 0 Å².